The van der Waals surface area contributed by atoms with Crippen molar-refractivity contribution in [3.8, 4) is 0 Å². The van der Waals surface area contributed by atoms with E-state index in [9.17, 15) is 9.59 Å². The number of nitrogens with zero attached hydrogens (tertiary/aromatic N) is 2. The normalized spacial score (nSPS) is 16.6. The average molecular weight is 313 g/mol. The molecule has 6 heteroatoms. The predicted octanol–water partition coefficient (Wildman–Crippen LogP) is 2.42. The van der Waals surface area contributed by atoms with E-state index in [1.165, 1.54) is 4.90 Å². The van der Waals surface area contributed by atoms with E-state index >= 15 is 0 Å². The van der Waals surface area contributed by atoms with Crippen LogP contribution in [0.1, 0.15) is 23.3 Å². The molecule has 0 unspecified atom stereocenters. The zero-order chi connectivity index (χ0) is 13.1. The van der Waals surface area contributed by atoms with Crippen LogP contribution in [0, 0.1) is 5.92 Å². The zero-order valence-electron chi connectivity index (χ0n) is 9.67. The molecule has 0 aliphatic carbocycles. The number of carboxylic acid groups (broad SMARTS) is 1. The SMILES string of the molecule is O=C(c1ccc(Br)cn1)C1CCN(C(=O)O)CC1. The number of pyridine rings is 1. The van der Waals surface area contributed by atoms with Gasteiger partial charge in [-0.05, 0) is 40.9 Å². The minimum absolute atomic E-state index is 0.00698. The summed E-state index contributed by atoms with van der Waals surface area (Å²) in [5.74, 6) is -0.109. The molecule has 2 heterocycles. The first kappa shape index (κ1) is 13.0. The summed E-state index contributed by atoms with van der Waals surface area (Å²) < 4.78 is 0.833. The molecule has 0 bridgehead atoms. The largest absolute Gasteiger partial charge is 0.465 e. The van der Waals surface area contributed by atoms with Crippen molar-refractivity contribution in [2.45, 2.75) is 12.8 Å². The predicted molar refractivity (Wildman–Crippen MR) is 68.6 cm³/mol. The highest BCUT2D eigenvalue weighted by atomic mass is 79.9. The van der Waals surface area contributed by atoms with Crippen LogP contribution in [0.5, 0.6) is 0 Å². The molecular weight excluding hydrogens is 300 g/mol. The summed E-state index contributed by atoms with van der Waals surface area (Å²) >= 11 is 3.27. The average Bonchev–Trinajstić information content (AvgIpc) is 2.39. The van der Waals surface area contributed by atoms with Gasteiger partial charge in [0.2, 0.25) is 0 Å². The molecule has 0 atom stereocenters. The second-order valence-electron chi connectivity index (χ2n) is 4.27. The Bertz CT molecular complexity index is 453. The number of likely N-dealkylation sites (tertiary alicyclic amines) is 1. The molecule has 1 aliphatic heterocycles. The van der Waals surface area contributed by atoms with Crippen molar-refractivity contribution in [3.63, 3.8) is 0 Å². The lowest BCUT2D eigenvalue weighted by Crippen LogP contribution is -2.39. The van der Waals surface area contributed by atoms with Gasteiger partial charge in [-0.15, -0.1) is 0 Å². The molecule has 1 N–H and O–H groups in total. The summed E-state index contributed by atoms with van der Waals surface area (Å²) in [5.41, 5.74) is 0.451. The molecule has 96 valence electrons. The van der Waals surface area contributed by atoms with Gasteiger partial charge >= 0.3 is 6.09 Å². The second-order valence-corrected chi connectivity index (χ2v) is 5.19. The third-order valence-corrected chi connectivity index (χ3v) is 3.59. The minimum Gasteiger partial charge on any atom is -0.465 e. The summed E-state index contributed by atoms with van der Waals surface area (Å²) in [6.45, 7) is 0.838. The summed E-state index contributed by atoms with van der Waals surface area (Å²) in [6.07, 6.45) is 1.83. The molecule has 1 saturated heterocycles. The lowest BCUT2D eigenvalue weighted by atomic mass is 9.91. The fourth-order valence-electron chi connectivity index (χ4n) is 2.06. The van der Waals surface area contributed by atoms with Gasteiger partial charge in [0.25, 0.3) is 0 Å². The Labute approximate surface area is 113 Å². The van der Waals surface area contributed by atoms with Gasteiger partial charge in [0, 0.05) is 29.7 Å². The van der Waals surface area contributed by atoms with Gasteiger partial charge in [-0.2, -0.15) is 0 Å². The summed E-state index contributed by atoms with van der Waals surface area (Å²) in [5, 5.41) is 8.83. The highest BCUT2D eigenvalue weighted by Crippen LogP contribution is 2.21. The van der Waals surface area contributed by atoms with E-state index in [0.717, 1.165) is 4.47 Å². The Morgan fingerprint density at radius 2 is 2.00 bits per heavy atom. The molecule has 2 rings (SSSR count). The van der Waals surface area contributed by atoms with Gasteiger partial charge < -0.3 is 10.0 Å². The van der Waals surface area contributed by atoms with Crippen LogP contribution in [0.2, 0.25) is 0 Å². The molecule has 0 spiro atoms. The van der Waals surface area contributed by atoms with Crippen molar-refractivity contribution >= 4 is 27.8 Å². The van der Waals surface area contributed by atoms with Crippen LogP contribution in [0.25, 0.3) is 0 Å². The number of carbonyl (C=O) groups excluding carboxylic acids is 1. The van der Waals surface area contributed by atoms with E-state index in [1.807, 2.05) is 0 Å². The van der Waals surface area contributed by atoms with Gasteiger partial charge in [0.15, 0.2) is 5.78 Å². The molecule has 0 radical (unpaired) electrons. The molecule has 1 aromatic rings. The summed E-state index contributed by atoms with van der Waals surface area (Å²) in [6, 6.07) is 3.47. The molecule has 5 nitrogen and oxygen atoms in total. The fraction of sp³-hybridized carbons (Fsp3) is 0.417. The second kappa shape index (κ2) is 5.48. The lowest BCUT2D eigenvalue weighted by molar-refractivity contribution is 0.0816. The standard InChI is InChI=1S/C12H13BrN2O3/c13-9-1-2-10(14-7-9)11(16)8-3-5-15(6-4-8)12(17)18/h1-2,7-8H,3-6H2,(H,17,18). The highest BCUT2D eigenvalue weighted by Gasteiger charge is 2.28. The van der Waals surface area contributed by atoms with E-state index in [2.05, 4.69) is 20.9 Å². The van der Waals surface area contributed by atoms with Gasteiger partial charge in [-0.1, -0.05) is 0 Å². The number of hydrogen-bond donors (Lipinski definition) is 1. The molecule has 1 aliphatic rings. The Morgan fingerprint density at radius 1 is 1.33 bits per heavy atom. The van der Waals surface area contributed by atoms with Crippen LogP contribution in [0.4, 0.5) is 4.79 Å². The maximum Gasteiger partial charge on any atom is 0.407 e. The summed E-state index contributed by atoms with van der Waals surface area (Å²) in [4.78, 5) is 28.3. The van der Waals surface area contributed by atoms with Crippen LogP contribution >= 0.6 is 15.9 Å². The Balaban J connectivity index is 1.99. The third kappa shape index (κ3) is 2.87. The first-order valence-corrected chi connectivity index (χ1v) is 6.51. The number of ketones is 1. The van der Waals surface area contributed by atoms with E-state index in [4.69, 9.17) is 5.11 Å². The molecule has 18 heavy (non-hydrogen) atoms. The number of Topliss-reactive ketones (excluding diaryl/α,β-unsaturated/α-hetero) is 1. The molecule has 1 fully saturated rings. The number of aromatic nitrogens is 1. The Hall–Kier alpha value is -1.43. The van der Waals surface area contributed by atoms with Crippen molar-refractivity contribution < 1.29 is 14.7 Å². The molecule has 1 aromatic heterocycles. The Morgan fingerprint density at radius 3 is 2.50 bits per heavy atom. The number of carbonyl (C=O) groups is 2. The highest BCUT2D eigenvalue weighted by molar-refractivity contribution is 9.10. The van der Waals surface area contributed by atoms with Gasteiger partial charge in [-0.25, -0.2) is 4.79 Å². The lowest BCUT2D eigenvalue weighted by Gasteiger charge is -2.28. The zero-order valence-corrected chi connectivity index (χ0v) is 11.3. The minimum atomic E-state index is -0.914. The number of rotatable bonds is 2. The van der Waals surface area contributed by atoms with Crippen LogP contribution in [-0.4, -0.2) is 40.0 Å². The van der Waals surface area contributed by atoms with Crippen molar-refractivity contribution in [1.82, 2.24) is 9.88 Å². The number of hydrogen-bond acceptors (Lipinski definition) is 3. The Kier molecular flexibility index (Phi) is 3.96. The van der Waals surface area contributed by atoms with E-state index in [0.29, 0.717) is 31.6 Å². The monoisotopic (exact) mass is 312 g/mol. The maximum atomic E-state index is 12.1. The number of halogens is 1. The fourth-order valence-corrected chi connectivity index (χ4v) is 2.30. The van der Waals surface area contributed by atoms with Crippen molar-refractivity contribution in [1.29, 1.82) is 0 Å². The topological polar surface area (TPSA) is 70.5 Å². The van der Waals surface area contributed by atoms with Crippen LogP contribution in [0.15, 0.2) is 22.8 Å². The van der Waals surface area contributed by atoms with Gasteiger partial charge in [-0.3, -0.25) is 9.78 Å². The summed E-state index contributed by atoms with van der Waals surface area (Å²) in [7, 11) is 0. The quantitative estimate of drug-likeness (QED) is 0.851. The molecule has 1 amide bonds. The smallest absolute Gasteiger partial charge is 0.407 e. The molecular formula is C12H13BrN2O3. The molecule has 0 saturated carbocycles. The number of piperidine rings is 1. The van der Waals surface area contributed by atoms with Crippen molar-refractivity contribution in [2.24, 2.45) is 5.92 Å². The van der Waals surface area contributed by atoms with E-state index in [-0.39, 0.29) is 11.7 Å². The third-order valence-electron chi connectivity index (χ3n) is 3.12. The number of amides is 1. The van der Waals surface area contributed by atoms with Crippen molar-refractivity contribution in [2.75, 3.05) is 13.1 Å². The maximum absolute atomic E-state index is 12.1. The van der Waals surface area contributed by atoms with E-state index < -0.39 is 6.09 Å². The van der Waals surface area contributed by atoms with Crippen molar-refractivity contribution in [3.05, 3.63) is 28.5 Å². The van der Waals surface area contributed by atoms with Gasteiger partial charge in [0.05, 0.1) is 0 Å². The first-order chi connectivity index (χ1) is 8.58. The van der Waals surface area contributed by atoms with Crippen LogP contribution in [0.3, 0.4) is 0 Å². The van der Waals surface area contributed by atoms with E-state index in [1.54, 1.807) is 18.3 Å². The van der Waals surface area contributed by atoms with Crippen LogP contribution < -0.4 is 0 Å². The van der Waals surface area contributed by atoms with Gasteiger partial charge in [0.1, 0.15) is 5.69 Å². The van der Waals surface area contributed by atoms with Crippen LogP contribution in [-0.2, 0) is 0 Å². The molecule has 0 aromatic carbocycles. The first-order valence-electron chi connectivity index (χ1n) is 5.71.